The van der Waals surface area contributed by atoms with Crippen LogP contribution in [0, 0.1) is 12.8 Å². The number of carboxylic acid groups (broad SMARTS) is 1. The Kier molecular flexibility index (Phi) is 4.17. The van der Waals surface area contributed by atoms with Crippen molar-refractivity contribution < 1.29 is 9.90 Å². The van der Waals surface area contributed by atoms with Crippen LogP contribution in [0.2, 0.25) is 0 Å². The maximum absolute atomic E-state index is 11.2. The van der Waals surface area contributed by atoms with Crippen molar-refractivity contribution >= 4 is 17.7 Å². The molecule has 0 radical (unpaired) electrons. The van der Waals surface area contributed by atoms with Crippen LogP contribution >= 0.6 is 11.8 Å². The van der Waals surface area contributed by atoms with Crippen LogP contribution in [-0.4, -0.2) is 51.0 Å². The second-order valence-electron chi connectivity index (χ2n) is 5.94. The molecular formula is C15H21N3O2S. The first-order chi connectivity index (χ1) is 10.1. The van der Waals surface area contributed by atoms with E-state index in [0.717, 1.165) is 47.2 Å². The molecule has 6 heteroatoms. The van der Waals surface area contributed by atoms with Crippen molar-refractivity contribution in [3.05, 3.63) is 22.8 Å². The minimum atomic E-state index is -0.701. The molecule has 21 heavy (non-hydrogen) atoms. The maximum Gasteiger partial charge on any atom is 0.306 e. The van der Waals surface area contributed by atoms with E-state index in [2.05, 4.69) is 11.9 Å². The first-order valence-corrected chi connectivity index (χ1v) is 8.59. The van der Waals surface area contributed by atoms with E-state index in [1.807, 2.05) is 18.7 Å². The zero-order valence-electron chi connectivity index (χ0n) is 12.5. The zero-order valence-corrected chi connectivity index (χ0v) is 13.3. The van der Waals surface area contributed by atoms with Crippen molar-refractivity contribution in [3.8, 4) is 0 Å². The first kappa shape index (κ1) is 14.8. The summed E-state index contributed by atoms with van der Waals surface area (Å²) in [6, 6.07) is 0.282. The fraction of sp³-hybridized carbons (Fsp3) is 0.667. The molecule has 1 N–H and O–H groups in total. The molecule has 3 rings (SSSR count). The standard InChI is InChI=1S/C15H21N3O2S/c1-9-11-7-10(15(19)20)3-4-12(11)17-14(16-9)13-8-21-6-5-18(13)2/h10,13H,3-8H2,1-2H3,(H,19,20). The Hall–Kier alpha value is -1.14. The molecule has 1 aliphatic heterocycles. The van der Waals surface area contributed by atoms with E-state index in [1.54, 1.807) is 0 Å². The van der Waals surface area contributed by atoms with Gasteiger partial charge in [0.15, 0.2) is 0 Å². The fourth-order valence-corrected chi connectivity index (χ4v) is 4.34. The Balaban J connectivity index is 1.90. The van der Waals surface area contributed by atoms with Gasteiger partial charge in [-0.25, -0.2) is 9.97 Å². The van der Waals surface area contributed by atoms with Gasteiger partial charge in [-0.2, -0.15) is 11.8 Å². The van der Waals surface area contributed by atoms with E-state index in [0.29, 0.717) is 12.8 Å². The van der Waals surface area contributed by atoms with E-state index < -0.39 is 5.97 Å². The maximum atomic E-state index is 11.2. The normalized spacial score (nSPS) is 26.4. The molecule has 0 saturated carbocycles. The van der Waals surface area contributed by atoms with Crippen molar-refractivity contribution in [1.29, 1.82) is 0 Å². The Morgan fingerprint density at radius 2 is 2.24 bits per heavy atom. The largest absolute Gasteiger partial charge is 0.481 e. The Labute approximate surface area is 129 Å². The molecule has 1 fully saturated rings. The van der Waals surface area contributed by atoms with E-state index in [-0.39, 0.29) is 12.0 Å². The number of carboxylic acids is 1. The van der Waals surface area contributed by atoms with E-state index in [9.17, 15) is 9.90 Å². The van der Waals surface area contributed by atoms with Gasteiger partial charge in [-0.05, 0) is 38.8 Å². The van der Waals surface area contributed by atoms with Crippen LogP contribution in [0.1, 0.15) is 35.2 Å². The van der Waals surface area contributed by atoms with Crippen molar-refractivity contribution in [2.45, 2.75) is 32.2 Å². The van der Waals surface area contributed by atoms with Crippen LogP contribution in [-0.2, 0) is 17.6 Å². The van der Waals surface area contributed by atoms with Crippen molar-refractivity contribution in [2.24, 2.45) is 5.92 Å². The lowest BCUT2D eigenvalue weighted by atomic mass is 9.86. The highest BCUT2D eigenvalue weighted by molar-refractivity contribution is 7.99. The van der Waals surface area contributed by atoms with Gasteiger partial charge in [0.1, 0.15) is 5.82 Å². The molecule has 114 valence electrons. The summed E-state index contributed by atoms with van der Waals surface area (Å²) in [5, 5.41) is 9.20. The number of aromatic nitrogens is 2. The number of aryl methyl sites for hydroxylation is 2. The second kappa shape index (κ2) is 5.93. The molecule has 1 aliphatic carbocycles. The molecule has 2 unspecified atom stereocenters. The monoisotopic (exact) mass is 307 g/mol. The van der Waals surface area contributed by atoms with Gasteiger partial charge < -0.3 is 5.11 Å². The summed E-state index contributed by atoms with van der Waals surface area (Å²) in [6.07, 6.45) is 2.02. The van der Waals surface area contributed by atoms with Gasteiger partial charge in [0.05, 0.1) is 12.0 Å². The van der Waals surface area contributed by atoms with Crippen LogP contribution in [0.4, 0.5) is 0 Å². The average molecular weight is 307 g/mol. The Morgan fingerprint density at radius 1 is 1.43 bits per heavy atom. The van der Waals surface area contributed by atoms with Gasteiger partial charge in [0, 0.05) is 29.4 Å². The van der Waals surface area contributed by atoms with E-state index in [1.165, 1.54) is 0 Å². The number of carbonyl (C=O) groups is 1. The van der Waals surface area contributed by atoms with Crippen LogP contribution in [0.25, 0.3) is 0 Å². The van der Waals surface area contributed by atoms with Gasteiger partial charge in [0.25, 0.3) is 0 Å². The molecule has 2 heterocycles. The number of aliphatic carboxylic acids is 1. The molecule has 0 spiro atoms. The van der Waals surface area contributed by atoms with Crippen molar-refractivity contribution in [2.75, 3.05) is 25.1 Å². The minimum Gasteiger partial charge on any atom is -0.481 e. The molecule has 0 amide bonds. The van der Waals surface area contributed by atoms with Gasteiger partial charge in [-0.1, -0.05) is 0 Å². The first-order valence-electron chi connectivity index (χ1n) is 7.43. The summed E-state index contributed by atoms with van der Waals surface area (Å²) in [5.41, 5.74) is 3.09. The highest BCUT2D eigenvalue weighted by atomic mass is 32.2. The smallest absolute Gasteiger partial charge is 0.306 e. The summed E-state index contributed by atoms with van der Waals surface area (Å²) in [7, 11) is 2.13. The lowest BCUT2D eigenvalue weighted by molar-refractivity contribution is -0.142. The van der Waals surface area contributed by atoms with Crippen molar-refractivity contribution in [3.63, 3.8) is 0 Å². The molecular weight excluding hydrogens is 286 g/mol. The molecule has 2 atom stereocenters. The van der Waals surface area contributed by atoms with Gasteiger partial charge in [-0.15, -0.1) is 0 Å². The number of fused-ring (bicyclic) bond motifs is 1. The summed E-state index contributed by atoms with van der Waals surface area (Å²) in [6.45, 7) is 3.06. The van der Waals surface area contributed by atoms with E-state index >= 15 is 0 Å². The second-order valence-corrected chi connectivity index (χ2v) is 7.09. The third-order valence-electron chi connectivity index (χ3n) is 4.54. The average Bonchev–Trinajstić information content (AvgIpc) is 2.47. The zero-order chi connectivity index (χ0) is 15.0. The summed E-state index contributed by atoms with van der Waals surface area (Å²) >= 11 is 1.95. The summed E-state index contributed by atoms with van der Waals surface area (Å²) in [4.78, 5) is 23.0. The lowest BCUT2D eigenvalue weighted by Gasteiger charge is -2.32. The molecule has 1 aromatic rings. The van der Waals surface area contributed by atoms with Crippen LogP contribution in [0.5, 0.6) is 0 Å². The molecule has 1 saturated heterocycles. The van der Waals surface area contributed by atoms with Gasteiger partial charge >= 0.3 is 5.97 Å². The highest BCUT2D eigenvalue weighted by Gasteiger charge is 2.30. The Morgan fingerprint density at radius 3 is 2.95 bits per heavy atom. The third-order valence-corrected chi connectivity index (χ3v) is 5.56. The molecule has 5 nitrogen and oxygen atoms in total. The third kappa shape index (κ3) is 2.92. The fourth-order valence-electron chi connectivity index (χ4n) is 3.13. The number of hydrogen-bond acceptors (Lipinski definition) is 5. The lowest BCUT2D eigenvalue weighted by Crippen LogP contribution is -2.34. The van der Waals surface area contributed by atoms with Gasteiger partial charge in [0.2, 0.25) is 0 Å². The van der Waals surface area contributed by atoms with Crippen molar-refractivity contribution in [1.82, 2.24) is 14.9 Å². The SMILES string of the molecule is Cc1nc(C2CSCCN2C)nc2c1CC(C(=O)O)CC2. The number of rotatable bonds is 2. The number of thioether (sulfide) groups is 1. The molecule has 1 aromatic heterocycles. The van der Waals surface area contributed by atoms with Gasteiger partial charge in [-0.3, -0.25) is 9.69 Å². The molecule has 0 bridgehead atoms. The predicted octanol–water partition coefficient (Wildman–Crippen LogP) is 1.69. The minimum absolute atomic E-state index is 0.279. The summed E-state index contributed by atoms with van der Waals surface area (Å²) in [5.74, 6) is 2.13. The predicted molar refractivity (Wildman–Crippen MR) is 82.6 cm³/mol. The van der Waals surface area contributed by atoms with Crippen LogP contribution in [0.15, 0.2) is 0 Å². The topological polar surface area (TPSA) is 66.3 Å². The molecule has 0 aromatic carbocycles. The van der Waals surface area contributed by atoms with Crippen LogP contribution < -0.4 is 0 Å². The number of nitrogens with zero attached hydrogens (tertiary/aromatic N) is 3. The highest BCUT2D eigenvalue weighted by Crippen LogP contribution is 2.30. The van der Waals surface area contributed by atoms with E-state index in [4.69, 9.17) is 9.97 Å². The molecule has 2 aliphatic rings. The Bertz CT molecular complexity index is 564. The quantitative estimate of drug-likeness (QED) is 0.897. The number of hydrogen-bond donors (Lipinski definition) is 1. The van der Waals surface area contributed by atoms with Crippen LogP contribution in [0.3, 0.4) is 0 Å². The summed E-state index contributed by atoms with van der Waals surface area (Å²) < 4.78 is 0.